The molecule has 1 atom stereocenters. The molecule has 0 bridgehead atoms. The van der Waals surface area contributed by atoms with Crippen molar-refractivity contribution in [2.24, 2.45) is 0 Å². The minimum Gasteiger partial charge on any atom is -0.508 e. The molecule has 0 amide bonds. The predicted octanol–water partition coefficient (Wildman–Crippen LogP) is 3.49. The SMILES string of the molecule is CC(c1cn(-c2ccccc2)nn1)N1CCN(Cc2ccc(O)cc2)CC1.O=C(O)C(F)(F)F. The summed E-state index contributed by atoms with van der Waals surface area (Å²) < 4.78 is 33.6. The molecule has 1 aromatic heterocycles. The van der Waals surface area contributed by atoms with Crippen LogP contribution in [0.5, 0.6) is 5.75 Å². The Hall–Kier alpha value is -3.44. The predicted molar refractivity (Wildman–Crippen MR) is 118 cm³/mol. The number of carbonyl (C=O) groups is 1. The Morgan fingerprint density at radius 2 is 1.62 bits per heavy atom. The van der Waals surface area contributed by atoms with Crippen LogP contribution in [0.3, 0.4) is 0 Å². The molecule has 4 rings (SSSR count). The van der Waals surface area contributed by atoms with E-state index in [0.717, 1.165) is 44.1 Å². The Labute approximate surface area is 194 Å². The maximum Gasteiger partial charge on any atom is 0.490 e. The number of phenolic OH excluding ortho intramolecular Hbond substituents is 1. The second-order valence-corrected chi connectivity index (χ2v) is 7.88. The van der Waals surface area contributed by atoms with Crippen molar-refractivity contribution in [1.82, 2.24) is 24.8 Å². The molecule has 3 aromatic rings. The van der Waals surface area contributed by atoms with Crippen molar-refractivity contribution < 1.29 is 28.2 Å². The molecule has 1 fully saturated rings. The van der Waals surface area contributed by atoms with Gasteiger partial charge in [-0.15, -0.1) is 5.10 Å². The van der Waals surface area contributed by atoms with Crippen LogP contribution >= 0.6 is 0 Å². The monoisotopic (exact) mass is 477 g/mol. The molecule has 1 saturated heterocycles. The first kappa shape index (κ1) is 25.2. The van der Waals surface area contributed by atoms with Gasteiger partial charge in [-0.2, -0.15) is 13.2 Å². The maximum absolute atomic E-state index is 10.6. The molecule has 1 aliphatic rings. The average molecular weight is 477 g/mol. The zero-order valence-corrected chi connectivity index (χ0v) is 18.6. The van der Waals surface area contributed by atoms with Gasteiger partial charge < -0.3 is 10.2 Å². The highest BCUT2D eigenvalue weighted by Crippen LogP contribution is 2.21. The summed E-state index contributed by atoms with van der Waals surface area (Å²) in [5.41, 5.74) is 3.27. The van der Waals surface area contributed by atoms with Gasteiger partial charge in [-0.1, -0.05) is 35.5 Å². The Bertz CT molecular complexity index is 1050. The largest absolute Gasteiger partial charge is 0.508 e. The molecular weight excluding hydrogens is 451 g/mol. The number of carboxylic acid groups (broad SMARTS) is 1. The number of halogens is 3. The Morgan fingerprint density at radius 3 is 2.18 bits per heavy atom. The van der Waals surface area contributed by atoms with E-state index >= 15 is 0 Å². The zero-order chi connectivity index (χ0) is 24.7. The maximum atomic E-state index is 10.6. The van der Waals surface area contributed by atoms with Gasteiger partial charge in [-0.25, -0.2) is 9.48 Å². The number of benzene rings is 2. The fourth-order valence-corrected chi connectivity index (χ4v) is 3.53. The lowest BCUT2D eigenvalue weighted by Crippen LogP contribution is -2.46. The number of piperazine rings is 1. The quantitative estimate of drug-likeness (QED) is 0.581. The topological polar surface area (TPSA) is 94.7 Å². The van der Waals surface area contributed by atoms with Crippen molar-refractivity contribution in [3.8, 4) is 11.4 Å². The van der Waals surface area contributed by atoms with E-state index in [2.05, 4.69) is 27.0 Å². The van der Waals surface area contributed by atoms with Crippen LogP contribution in [-0.2, 0) is 11.3 Å². The second kappa shape index (κ2) is 11.1. The van der Waals surface area contributed by atoms with Crippen LogP contribution < -0.4 is 0 Å². The number of hydrogen-bond acceptors (Lipinski definition) is 6. The number of nitrogens with zero attached hydrogens (tertiary/aromatic N) is 5. The van der Waals surface area contributed by atoms with Crippen LogP contribution in [-0.4, -0.2) is 73.3 Å². The number of aromatic nitrogens is 3. The Balaban J connectivity index is 0.000000406. The van der Waals surface area contributed by atoms with E-state index in [4.69, 9.17) is 9.90 Å². The van der Waals surface area contributed by atoms with Crippen molar-refractivity contribution in [3.63, 3.8) is 0 Å². The minimum atomic E-state index is -5.08. The lowest BCUT2D eigenvalue weighted by atomic mass is 10.1. The molecule has 0 radical (unpaired) electrons. The van der Waals surface area contributed by atoms with E-state index in [1.54, 1.807) is 12.1 Å². The second-order valence-electron chi connectivity index (χ2n) is 7.88. The molecule has 0 saturated carbocycles. The van der Waals surface area contributed by atoms with Crippen molar-refractivity contribution in [2.45, 2.75) is 25.7 Å². The summed E-state index contributed by atoms with van der Waals surface area (Å²) in [6, 6.07) is 17.8. The van der Waals surface area contributed by atoms with E-state index in [1.165, 1.54) is 5.56 Å². The van der Waals surface area contributed by atoms with Gasteiger partial charge in [0, 0.05) is 32.7 Å². The van der Waals surface area contributed by atoms with E-state index in [0.29, 0.717) is 5.75 Å². The van der Waals surface area contributed by atoms with Crippen molar-refractivity contribution in [1.29, 1.82) is 0 Å². The normalized spacial score (nSPS) is 15.9. The molecule has 2 heterocycles. The number of aromatic hydroxyl groups is 1. The fourth-order valence-electron chi connectivity index (χ4n) is 3.53. The first-order valence-electron chi connectivity index (χ1n) is 10.7. The number of aliphatic carboxylic acids is 1. The summed E-state index contributed by atoms with van der Waals surface area (Å²) in [5, 5.41) is 25.2. The molecule has 0 spiro atoms. The van der Waals surface area contributed by atoms with Crippen LogP contribution in [0.15, 0.2) is 60.8 Å². The van der Waals surface area contributed by atoms with Crippen molar-refractivity contribution >= 4 is 5.97 Å². The molecule has 11 heteroatoms. The van der Waals surface area contributed by atoms with Crippen LogP contribution in [0.25, 0.3) is 5.69 Å². The zero-order valence-electron chi connectivity index (χ0n) is 18.6. The van der Waals surface area contributed by atoms with Gasteiger partial charge in [-0.05, 0) is 36.8 Å². The smallest absolute Gasteiger partial charge is 0.490 e. The summed E-state index contributed by atoms with van der Waals surface area (Å²) in [7, 11) is 0. The summed E-state index contributed by atoms with van der Waals surface area (Å²) >= 11 is 0. The third-order valence-electron chi connectivity index (χ3n) is 5.50. The van der Waals surface area contributed by atoms with Gasteiger partial charge in [0.25, 0.3) is 0 Å². The van der Waals surface area contributed by atoms with Crippen LogP contribution in [0.2, 0.25) is 0 Å². The summed E-state index contributed by atoms with van der Waals surface area (Å²) in [6.07, 6.45) is -3.05. The highest BCUT2D eigenvalue weighted by Gasteiger charge is 2.38. The third kappa shape index (κ3) is 7.03. The summed E-state index contributed by atoms with van der Waals surface area (Å²) in [5.74, 6) is -2.44. The fraction of sp³-hybridized carbons (Fsp3) is 0.348. The van der Waals surface area contributed by atoms with Gasteiger partial charge in [-0.3, -0.25) is 9.80 Å². The molecule has 1 aliphatic heterocycles. The summed E-state index contributed by atoms with van der Waals surface area (Å²) in [4.78, 5) is 13.8. The van der Waals surface area contributed by atoms with Gasteiger partial charge in [0.05, 0.1) is 23.6 Å². The number of phenols is 1. The number of alkyl halides is 3. The lowest BCUT2D eigenvalue weighted by molar-refractivity contribution is -0.192. The van der Waals surface area contributed by atoms with E-state index in [9.17, 15) is 18.3 Å². The van der Waals surface area contributed by atoms with Gasteiger partial charge in [0.1, 0.15) is 5.75 Å². The molecule has 8 nitrogen and oxygen atoms in total. The molecular formula is C23H26F3N5O3. The molecule has 34 heavy (non-hydrogen) atoms. The van der Waals surface area contributed by atoms with Gasteiger partial charge in [0.15, 0.2) is 0 Å². The highest BCUT2D eigenvalue weighted by molar-refractivity contribution is 5.73. The molecule has 2 aromatic carbocycles. The third-order valence-corrected chi connectivity index (χ3v) is 5.50. The van der Waals surface area contributed by atoms with E-state index in [1.807, 2.05) is 53.3 Å². The number of para-hydroxylation sites is 1. The van der Waals surface area contributed by atoms with E-state index < -0.39 is 12.1 Å². The highest BCUT2D eigenvalue weighted by atomic mass is 19.4. The molecule has 2 N–H and O–H groups in total. The average Bonchev–Trinajstić information content (AvgIpc) is 3.31. The van der Waals surface area contributed by atoms with Crippen LogP contribution in [0, 0.1) is 0 Å². The first-order chi connectivity index (χ1) is 16.1. The minimum absolute atomic E-state index is 0.248. The van der Waals surface area contributed by atoms with Gasteiger partial charge >= 0.3 is 12.1 Å². The Kier molecular flexibility index (Phi) is 8.24. The lowest BCUT2D eigenvalue weighted by Gasteiger charge is -2.37. The number of rotatable bonds is 5. The van der Waals surface area contributed by atoms with Gasteiger partial charge in [0.2, 0.25) is 0 Å². The number of hydrogen-bond donors (Lipinski definition) is 2. The number of carboxylic acids is 1. The van der Waals surface area contributed by atoms with Crippen molar-refractivity contribution in [2.75, 3.05) is 26.2 Å². The Morgan fingerprint density at radius 1 is 1.03 bits per heavy atom. The first-order valence-corrected chi connectivity index (χ1v) is 10.7. The summed E-state index contributed by atoms with van der Waals surface area (Å²) in [6.45, 7) is 7.20. The molecule has 182 valence electrons. The van der Waals surface area contributed by atoms with Crippen molar-refractivity contribution in [3.05, 3.63) is 72.1 Å². The van der Waals surface area contributed by atoms with Crippen LogP contribution in [0.4, 0.5) is 13.2 Å². The van der Waals surface area contributed by atoms with E-state index in [-0.39, 0.29) is 6.04 Å². The molecule has 1 unspecified atom stereocenters. The standard InChI is InChI=1S/C21H25N5O.C2HF3O2/c1-17(21-16-26(23-22-21)19-5-3-2-4-6-19)25-13-11-24(12-14-25)15-18-7-9-20(27)10-8-18;3-2(4,5)1(6)7/h2-10,16-17,27H,11-15H2,1H3;(H,6,7). The van der Waals surface area contributed by atoms with Crippen LogP contribution in [0.1, 0.15) is 24.2 Å². The molecule has 0 aliphatic carbocycles.